The fraction of sp³-hybridized carbons (Fsp3) is 0. The highest BCUT2D eigenvalue weighted by Gasteiger charge is 2.08. The summed E-state index contributed by atoms with van der Waals surface area (Å²) in [5, 5.41) is 1.52. The lowest BCUT2D eigenvalue weighted by Gasteiger charge is -2.03. The Kier molecular flexibility index (Phi) is 2.54. The Morgan fingerprint density at radius 2 is 1.86 bits per heavy atom. The largest absolute Gasteiger partial charge is 0.454 e. The minimum Gasteiger partial charge on any atom is -0.454 e. The van der Waals surface area contributed by atoms with Gasteiger partial charge in [-0.05, 0) is 30.3 Å². The third-order valence-electron chi connectivity index (χ3n) is 3.37. The first kappa shape index (κ1) is 11.8. The first-order chi connectivity index (χ1) is 10.3. The third-order valence-corrected chi connectivity index (χ3v) is 3.37. The minimum atomic E-state index is -0.0743. The zero-order valence-corrected chi connectivity index (χ0v) is 11.0. The van der Waals surface area contributed by atoms with Crippen LogP contribution in [-0.2, 0) is 0 Å². The maximum atomic E-state index is 12.1. The number of nitrogens with zero attached hydrogens (tertiary/aromatic N) is 2. The second-order valence-corrected chi connectivity index (χ2v) is 4.74. The molecular formula is C17H10N2O2. The van der Waals surface area contributed by atoms with Crippen LogP contribution in [0.15, 0.2) is 70.1 Å². The first-order valence-corrected chi connectivity index (χ1v) is 6.55. The molecule has 0 fully saturated rings. The van der Waals surface area contributed by atoms with Crippen LogP contribution in [0.2, 0.25) is 0 Å². The lowest BCUT2D eigenvalue weighted by atomic mass is 10.2. The number of aromatic nitrogens is 2. The fourth-order valence-electron chi connectivity index (χ4n) is 2.33. The predicted molar refractivity (Wildman–Crippen MR) is 81.0 cm³/mol. The van der Waals surface area contributed by atoms with Gasteiger partial charge in [-0.25, -0.2) is 0 Å². The molecule has 4 aromatic rings. The average molecular weight is 274 g/mol. The molecule has 1 aromatic carbocycles. The number of hydrogen-bond acceptors (Lipinski definition) is 4. The number of hydrogen-bond donors (Lipinski definition) is 0. The Morgan fingerprint density at radius 1 is 0.952 bits per heavy atom. The summed E-state index contributed by atoms with van der Waals surface area (Å²) in [6, 6.07) is 14.3. The van der Waals surface area contributed by atoms with Crippen molar-refractivity contribution in [1.29, 1.82) is 0 Å². The molecule has 0 aliphatic rings. The van der Waals surface area contributed by atoms with Crippen LogP contribution in [0.3, 0.4) is 0 Å². The monoisotopic (exact) mass is 274 g/mol. The molecule has 3 aromatic heterocycles. The maximum absolute atomic E-state index is 12.1. The summed E-state index contributed by atoms with van der Waals surface area (Å²) in [4.78, 5) is 20.8. The van der Waals surface area contributed by atoms with E-state index in [1.165, 1.54) is 6.07 Å². The fourth-order valence-corrected chi connectivity index (χ4v) is 2.33. The first-order valence-electron chi connectivity index (χ1n) is 6.55. The molecular weight excluding hydrogens is 264 g/mol. The van der Waals surface area contributed by atoms with Crippen LogP contribution in [0.1, 0.15) is 0 Å². The molecule has 4 nitrogen and oxygen atoms in total. The van der Waals surface area contributed by atoms with E-state index in [0.717, 1.165) is 10.9 Å². The van der Waals surface area contributed by atoms with Gasteiger partial charge in [0.1, 0.15) is 11.3 Å². The van der Waals surface area contributed by atoms with E-state index in [2.05, 4.69) is 9.97 Å². The van der Waals surface area contributed by atoms with Crippen molar-refractivity contribution in [1.82, 2.24) is 9.97 Å². The van der Waals surface area contributed by atoms with Crippen LogP contribution in [0.25, 0.3) is 33.3 Å². The second-order valence-electron chi connectivity index (χ2n) is 4.74. The molecule has 4 heteroatoms. The lowest BCUT2D eigenvalue weighted by Crippen LogP contribution is -2.00. The van der Waals surface area contributed by atoms with Gasteiger partial charge in [-0.2, -0.15) is 0 Å². The Labute approximate surface area is 119 Å². The maximum Gasteiger partial charge on any atom is 0.193 e. The minimum absolute atomic E-state index is 0.0743. The van der Waals surface area contributed by atoms with Gasteiger partial charge in [0.25, 0.3) is 0 Å². The standard InChI is InChI=1S/C17H10N2O2/c20-15-9-17(21-16-6-2-1-5-12(15)16)14-8-13-11(10-19-14)4-3-7-18-13/h1-10H. The van der Waals surface area contributed by atoms with E-state index in [1.807, 2.05) is 30.3 Å². The molecule has 0 spiro atoms. The summed E-state index contributed by atoms with van der Waals surface area (Å²) in [5.41, 5.74) is 1.90. The smallest absolute Gasteiger partial charge is 0.193 e. The van der Waals surface area contributed by atoms with Gasteiger partial charge in [0, 0.05) is 23.8 Å². The van der Waals surface area contributed by atoms with Crippen LogP contribution in [0.4, 0.5) is 0 Å². The van der Waals surface area contributed by atoms with Gasteiger partial charge in [-0.3, -0.25) is 14.8 Å². The van der Waals surface area contributed by atoms with E-state index in [1.54, 1.807) is 24.5 Å². The summed E-state index contributed by atoms with van der Waals surface area (Å²) < 4.78 is 5.79. The van der Waals surface area contributed by atoms with Crippen molar-refractivity contribution >= 4 is 21.9 Å². The van der Waals surface area contributed by atoms with Gasteiger partial charge < -0.3 is 4.42 Å². The number of benzene rings is 1. The third kappa shape index (κ3) is 1.97. The highest BCUT2D eigenvalue weighted by atomic mass is 16.3. The Hall–Kier alpha value is -3.01. The van der Waals surface area contributed by atoms with Gasteiger partial charge in [-0.1, -0.05) is 12.1 Å². The number of pyridine rings is 2. The molecule has 0 saturated carbocycles. The molecule has 0 bridgehead atoms. The molecule has 0 atom stereocenters. The molecule has 4 rings (SSSR count). The van der Waals surface area contributed by atoms with E-state index >= 15 is 0 Å². The SMILES string of the molecule is O=c1cc(-c2cc3ncccc3cn2)oc2ccccc12. The van der Waals surface area contributed by atoms with Gasteiger partial charge in [0.2, 0.25) is 0 Å². The molecule has 0 N–H and O–H groups in total. The summed E-state index contributed by atoms with van der Waals surface area (Å²) in [6.07, 6.45) is 3.45. The van der Waals surface area contributed by atoms with Crippen molar-refractivity contribution in [2.45, 2.75) is 0 Å². The Bertz CT molecular complexity index is 1020. The quantitative estimate of drug-likeness (QED) is 0.534. The highest BCUT2D eigenvalue weighted by molar-refractivity contribution is 5.82. The van der Waals surface area contributed by atoms with Gasteiger partial charge in [-0.15, -0.1) is 0 Å². The van der Waals surface area contributed by atoms with Gasteiger partial charge in [0.05, 0.1) is 10.9 Å². The van der Waals surface area contributed by atoms with Gasteiger partial charge >= 0.3 is 0 Å². The van der Waals surface area contributed by atoms with Crippen LogP contribution in [-0.4, -0.2) is 9.97 Å². The number of fused-ring (bicyclic) bond motifs is 2. The molecule has 100 valence electrons. The number of rotatable bonds is 1. The zero-order valence-electron chi connectivity index (χ0n) is 11.0. The molecule has 0 radical (unpaired) electrons. The van der Waals surface area contributed by atoms with Gasteiger partial charge in [0.15, 0.2) is 11.2 Å². The molecule has 0 aliphatic heterocycles. The summed E-state index contributed by atoms with van der Waals surface area (Å²) in [7, 11) is 0. The van der Waals surface area contributed by atoms with Crippen molar-refractivity contribution in [2.24, 2.45) is 0 Å². The van der Waals surface area contributed by atoms with Crippen molar-refractivity contribution in [3.63, 3.8) is 0 Å². The van der Waals surface area contributed by atoms with Crippen molar-refractivity contribution < 1.29 is 4.42 Å². The van der Waals surface area contributed by atoms with Crippen LogP contribution >= 0.6 is 0 Å². The molecule has 21 heavy (non-hydrogen) atoms. The topological polar surface area (TPSA) is 56.0 Å². The Balaban J connectivity index is 1.97. The van der Waals surface area contributed by atoms with E-state index in [4.69, 9.17) is 4.42 Å². The normalized spacial score (nSPS) is 11.0. The van der Waals surface area contributed by atoms with Crippen molar-refractivity contribution in [3.05, 3.63) is 71.1 Å². The predicted octanol–water partition coefficient (Wildman–Crippen LogP) is 3.40. The summed E-state index contributed by atoms with van der Waals surface area (Å²) in [5.74, 6) is 0.450. The van der Waals surface area contributed by atoms with Crippen LogP contribution in [0.5, 0.6) is 0 Å². The van der Waals surface area contributed by atoms with Crippen molar-refractivity contribution in [2.75, 3.05) is 0 Å². The van der Waals surface area contributed by atoms with E-state index in [9.17, 15) is 4.79 Å². The van der Waals surface area contributed by atoms with E-state index < -0.39 is 0 Å². The second kappa shape index (κ2) is 4.52. The van der Waals surface area contributed by atoms with Crippen LogP contribution < -0.4 is 5.43 Å². The molecule has 0 amide bonds. The average Bonchev–Trinajstić information content (AvgIpc) is 2.54. The number of para-hydroxylation sites is 1. The molecule has 3 heterocycles. The summed E-state index contributed by atoms with van der Waals surface area (Å²) in [6.45, 7) is 0. The molecule has 0 aliphatic carbocycles. The lowest BCUT2D eigenvalue weighted by molar-refractivity contribution is 0.616. The zero-order chi connectivity index (χ0) is 14.2. The van der Waals surface area contributed by atoms with E-state index in [-0.39, 0.29) is 5.43 Å². The summed E-state index contributed by atoms with van der Waals surface area (Å²) >= 11 is 0. The van der Waals surface area contributed by atoms with Crippen LogP contribution in [0, 0.1) is 0 Å². The highest BCUT2D eigenvalue weighted by Crippen LogP contribution is 2.22. The molecule has 0 unspecified atom stereocenters. The van der Waals surface area contributed by atoms with E-state index in [0.29, 0.717) is 22.4 Å². The molecule has 0 saturated heterocycles. The Morgan fingerprint density at radius 3 is 2.81 bits per heavy atom. The van der Waals surface area contributed by atoms with Crippen molar-refractivity contribution in [3.8, 4) is 11.5 Å².